The van der Waals surface area contributed by atoms with Gasteiger partial charge in [-0.3, -0.25) is 15.0 Å². The fourth-order valence-electron chi connectivity index (χ4n) is 2.24. The summed E-state index contributed by atoms with van der Waals surface area (Å²) in [7, 11) is -3.65. The van der Waals surface area contributed by atoms with Crippen molar-refractivity contribution in [2.75, 3.05) is 13.1 Å². The maximum Gasteiger partial charge on any atom is 0.269 e. The number of non-ortho nitro benzene ring substituents is 1. The molecule has 0 radical (unpaired) electrons. The molecule has 8 heteroatoms. The van der Waals surface area contributed by atoms with Gasteiger partial charge in [-0.05, 0) is 45.0 Å². The average molecular weight is 299 g/mol. The van der Waals surface area contributed by atoms with Crippen molar-refractivity contribution in [1.82, 2.24) is 9.62 Å². The van der Waals surface area contributed by atoms with Crippen LogP contribution in [0.5, 0.6) is 0 Å². The molecule has 1 aromatic rings. The van der Waals surface area contributed by atoms with Crippen LogP contribution in [0.15, 0.2) is 29.2 Å². The summed E-state index contributed by atoms with van der Waals surface area (Å²) >= 11 is 0. The molecule has 0 bridgehead atoms. The van der Waals surface area contributed by atoms with Gasteiger partial charge in [0.15, 0.2) is 0 Å². The molecule has 1 aliphatic rings. The lowest BCUT2D eigenvalue weighted by Gasteiger charge is -2.24. The molecule has 0 amide bonds. The number of sulfonamides is 1. The van der Waals surface area contributed by atoms with Gasteiger partial charge in [0.2, 0.25) is 10.0 Å². The summed E-state index contributed by atoms with van der Waals surface area (Å²) in [5.74, 6) is 0. The highest BCUT2D eigenvalue weighted by Gasteiger charge is 2.24. The summed E-state index contributed by atoms with van der Waals surface area (Å²) in [6.45, 7) is 3.56. The van der Waals surface area contributed by atoms with E-state index < -0.39 is 14.9 Å². The summed E-state index contributed by atoms with van der Waals surface area (Å²) < 4.78 is 26.9. The Labute approximate surface area is 117 Å². The third-order valence-corrected chi connectivity index (χ3v) is 4.92. The fraction of sp³-hybridized carbons (Fsp3) is 0.500. The van der Waals surface area contributed by atoms with Gasteiger partial charge in [-0.15, -0.1) is 0 Å². The van der Waals surface area contributed by atoms with Crippen molar-refractivity contribution < 1.29 is 13.3 Å². The van der Waals surface area contributed by atoms with Gasteiger partial charge in [-0.25, -0.2) is 8.42 Å². The summed E-state index contributed by atoms with van der Waals surface area (Å²) in [6.07, 6.45) is 1.87. The maximum atomic E-state index is 12.2. The van der Waals surface area contributed by atoms with Crippen LogP contribution in [0.2, 0.25) is 0 Å². The van der Waals surface area contributed by atoms with Gasteiger partial charge < -0.3 is 0 Å². The monoisotopic (exact) mass is 299 g/mol. The van der Waals surface area contributed by atoms with Crippen molar-refractivity contribution in [3.05, 3.63) is 34.4 Å². The predicted molar refractivity (Wildman–Crippen MR) is 73.7 cm³/mol. The first-order chi connectivity index (χ1) is 9.40. The molecule has 0 spiro atoms. The SMILES string of the molecule is CC(NS(=O)(=O)c1ccc([N+](=O)[O-])cc1)N1CCCC1. The summed E-state index contributed by atoms with van der Waals surface area (Å²) in [5, 5.41) is 10.5. The Hall–Kier alpha value is -1.51. The smallest absolute Gasteiger partial charge is 0.269 e. The molecule has 1 aliphatic heterocycles. The van der Waals surface area contributed by atoms with Gasteiger partial charge in [0.05, 0.1) is 16.0 Å². The van der Waals surface area contributed by atoms with E-state index in [1.165, 1.54) is 24.3 Å². The van der Waals surface area contributed by atoms with Crippen molar-refractivity contribution >= 4 is 15.7 Å². The minimum absolute atomic E-state index is 0.0362. The maximum absolute atomic E-state index is 12.2. The van der Waals surface area contributed by atoms with E-state index in [0.717, 1.165) is 25.9 Å². The Morgan fingerprint density at radius 3 is 2.30 bits per heavy atom. The van der Waals surface area contributed by atoms with Gasteiger partial charge >= 0.3 is 0 Å². The first kappa shape index (κ1) is 14.9. The average Bonchev–Trinajstić information content (AvgIpc) is 2.92. The highest BCUT2D eigenvalue weighted by Crippen LogP contribution is 2.17. The zero-order chi connectivity index (χ0) is 14.8. The molecule has 1 N–H and O–H groups in total. The Balaban J connectivity index is 2.11. The van der Waals surface area contributed by atoms with Gasteiger partial charge in [-0.2, -0.15) is 4.72 Å². The molecule has 0 saturated carbocycles. The molecule has 1 heterocycles. The van der Waals surface area contributed by atoms with Gasteiger partial charge in [0.25, 0.3) is 5.69 Å². The first-order valence-corrected chi connectivity index (χ1v) is 7.89. The molecule has 0 aliphatic carbocycles. The van der Waals surface area contributed by atoms with Crippen LogP contribution >= 0.6 is 0 Å². The molecule has 20 heavy (non-hydrogen) atoms. The predicted octanol–water partition coefficient (Wildman–Crippen LogP) is 1.31. The Bertz CT molecular complexity index is 579. The van der Waals surface area contributed by atoms with Crippen molar-refractivity contribution in [3.63, 3.8) is 0 Å². The van der Waals surface area contributed by atoms with Crippen LogP contribution in [-0.4, -0.2) is 37.5 Å². The lowest BCUT2D eigenvalue weighted by molar-refractivity contribution is -0.384. The molecule has 1 saturated heterocycles. The minimum atomic E-state index is -3.65. The topological polar surface area (TPSA) is 92.5 Å². The number of benzene rings is 1. The van der Waals surface area contributed by atoms with Crippen LogP contribution < -0.4 is 4.72 Å². The lowest BCUT2D eigenvalue weighted by Crippen LogP contribution is -2.44. The second-order valence-electron chi connectivity index (χ2n) is 4.79. The van der Waals surface area contributed by atoms with E-state index in [-0.39, 0.29) is 16.7 Å². The van der Waals surface area contributed by atoms with Crippen LogP contribution in [0.3, 0.4) is 0 Å². The number of nitro benzene ring substituents is 1. The van der Waals surface area contributed by atoms with Crippen molar-refractivity contribution in [2.24, 2.45) is 0 Å². The number of nitrogens with zero attached hydrogens (tertiary/aromatic N) is 2. The molecule has 1 atom stereocenters. The van der Waals surface area contributed by atoms with Crippen LogP contribution in [0, 0.1) is 10.1 Å². The molecule has 1 aromatic carbocycles. The van der Waals surface area contributed by atoms with Crippen LogP contribution in [0.1, 0.15) is 19.8 Å². The summed E-state index contributed by atoms with van der Waals surface area (Å²) in [4.78, 5) is 12.1. The van der Waals surface area contributed by atoms with E-state index >= 15 is 0 Å². The van der Waals surface area contributed by atoms with E-state index in [2.05, 4.69) is 9.62 Å². The zero-order valence-electron chi connectivity index (χ0n) is 11.2. The Kier molecular flexibility index (Phi) is 4.36. The van der Waals surface area contributed by atoms with E-state index in [9.17, 15) is 18.5 Å². The summed E-state index contributed by atoms with van der Waals surface area (Å²) in [5.41, 5.74) is -0.128. The van der Waals surface area contributed by atoms with Crippen LogP contribution in [0.4, 0.5) is 5.69 Å². The van der Waals surface area contributed by atoms with Crippen molar-refractivity contribution in [1.29, 1.82) is 0 Å². The molecule has 7 nitrogen and oxygen atoms in total. The molecular formula is C12H17N3O4S. The molecule has 1 fully saturated rings. The summed E-state index contributed by atoms with van der Waals surface area (Å²) in [6, 6.07) is 4.87. The van der Waals surface area contributed by atoms with E-state index in [0.29, 0.717) is 0 Å². The third-order valence-electron chi connectivity index (χ3n) is 3.37. The zero-order valence-corrected chi connectivity index (χ0v) is 12.0. The Morgan fingerprint density at radius 1 is 1.25 bits per heavy atom. The number of hydrogen-bond acceptors (Lipinski definition) is 5. The Morgan fingerprint density at radius 2 is 1.80 bits per heavy atom. The van der Waals surface area contributed by atoms with Crippen LogP contribution in [0.25, 0.3) is 0 Å². The van der Waals surface area contributed by atoms with Gasteiger partial charge in [0.1, 0.15) is 0 Å². The number of rotatable bonds is 5. The second kappa shape index (κ2) is 5.86. The third kappa shape index (κ3) is 3.33. The van der Waals surface area contributed by atoms with Crippen molar-refractivity contribution in [2.45, 2.75) is 30.8 Å². The highest BCUT2D eigenvalue weighted by molar-refractivity contribution is 7.89. The lowest BCUT2D eigenvalue weighted by atomic mass is 10.3. The second-order valence-corrected chi connectivity index (χ2v) is 6.51. The number of likely N-dealkylation sites (tertiary alicyclic amines) is 1. The molecular weight excluding hydrogens is 282 g/mol. The molecule has 110 valence electrons. The number of nitro groups is 1. The van der Waals surface area contributed by atoms with E-state index in [1.54, 1.807) is 6.92 Å². The number of nitrogens with one attached hydrogen (secondary N) is 1. The molecule has 1 unspecified atom stereocenters. The molecule has 2 rings (SSSR count). The number of hydrogen-bond donors (Lipinski definition) is 1. The standard InChI is InChI=1S/C12H17N3O4S/c1-10(14-8-2-3-9-14)13-20(18,19)12-6-4-11(5-7-12)15(16)17/h4-7,10,13H,2-3,8-9H2,1H3. The normalized spacial score (nSPS) is 18.1. The largest absolute Gasteiger partial charge is 0.287 e. The van der Waals surface area contributed by atoms with Crippen LogP contribution in [-0.2, 0) is 10.0 Å². The van der Waals surface area contributed by atoms with E-state index in [1.807, 2.05) is 0 Å². The molecule has 0 aromatic heterocycles. The first-order valence-electron chi connectivity index (χ1n) is 6.41. The van der Waals surface area contributed by atoms with E-state index in [4.69, 9.17) is 0 Å². The fourth-order valence-corrected chi connectivity index (χ4v) is 3.47. The van der Waals surface area contributed by atoms with Gasteiger partial charge in [-0.1, -0.05) is 0 Å². The highest BCUT2D eigenvalue weighted by atomic mass is 32.2. The van der Waals surface area contributed by atoms with Gasteiger partial charge in [0, 0.05) is 12.1 Å². The van der Waals surface area contributed by atoms with Crippen molar-refractivity contribution in [3.8, 4) is 0 Å². The minimum Gasteiger partial charge on any atom is -0.287 e. The quantitative estimate of drug-likeness (QED) is 0.653.